The maximum atomic E-state index is 12.6. The van der Waals surface area contributed by atoms with Crippen LogP contribution < -0.4 is 15.0 Å². The third-order valence-corrected chi connectivity index (χ3v) is 6.66. The summed E-state index contributed by atoms with van der Waals surface area (Å²) in [6.45, 7) is 9.37. The molecule has 2 aromatic heterocycles. The van der Waals surface area contributed by atoms with Crippen molar-refractivity contribution in [1.29, 1.82) is 0 Å². The summed E-state index contributed by atoms with van der Waals surface area (Å²) >= 11 is 1.46. The number of pyridine rings is 1. The number of aromatic nitrogens is 2. The topological polar surface area (TPSA) is 67.4 Å². The van der Waals surface area contributed by atoms with Crippen LogP contribution in [0, 0.1) is 13.8 Å². The van der Waals surface area contributed by atoms with Gasteiger partial charge in [0.05, 0.1) is 17.9 Å². The van der Waals surface area contributed by atoms with Crippen LogP contribution in [0.1, 0.15) is 40.6 Å². The lowest BCUT2D eigenvalue weighted by Crippen LogP contribution is -2.48. The summed E-state index contributed by atoms with van der Waals surface area (Å²) < 4.78 is 5.91. The molecule has 0 spiro atoms. The lowest BCUT2D eigenvalue weighted by molar-refractivity contribution is 0.0901. The highest BCUT2D eigenvalue weighted by Gasteiger charge is 2.34. The standard InChI is InChI=1S/C23H24N4O2S/c1-13-5-7-16(14(2)24-13)15-6-8-19-18(11-15)27(9-10-29-19)22-25-17-12-23(3,4)26-21(28)20(17)30-22/h5-8,11H,9-10,12H2,1-4H3,(H,26,28). The Morgan fingerprint density at radius 3 is 2.80 bits per heavy atom. The van der Waals surface area contributed by atoms with Crippen molar-refractivity contribution in [3.63, 3.8) is 0 Å². The highest BCUT2D eigenvalue weighted by Crippen LogP contribution is 2.42. The van der Waals surface area contributed by atoms with Gasteiger partial charge in [0.15, 0.2) is 5.13 Å². The summed E-state index contributed by atoms with van der Waals surface area (Å²) in [5, 5.41) is 3.91. The fourth-order valence-electron chi connectivity index (χ4n) is 4.15. The average molecular weight is 421 g/mol. The molecular weight excluding hydrogens is 396 g/mol. The van der Waals surface area contributed by atoms with Crippen LogP contribution in [0.5, 0.6) is 5.75 Å². The molecular formula is C23H24N4O2S. The number of benzene rings is 1. The van der Waals surface area contributed by atoms with E-state index in [1.807, 2.05) is 39.8 Å². The van der Waals surface area contributed by atoms with Crippen LogP contribution in [0.25, 0.3) is 11.1 Å². The molecule has 2 aliphatic rings. The third kappa shape index (κ3) is 3.23. The lowest BCUT2D eigenvalue weighted by Gasteiger charge is -2.30. The fraction of sp³-hybridized carbons (Fsp3) is 0.348. The van der Waals surface area contributed by atoms with Crippen LogP contribution in [-0.4, -0.2) is 34.6 Å². The summed E-state index contributed by atoms with van der Waals surface area (Å²) in [5.74, 6) is 0.800. The number of nitrogens with zero attached hydrogens (tertiary/aromatic N) is 3. The number of carbonyl (C=O) groups excluding carboxylic acids is 1. The molecule has 1 N–H and O–H groups in total. The van der Waals surface area contributed by atoms with Crippen molar-refractivity contribution in [2.24, 2.45) is 0 Å². The van der Waals surface area contributed by atoms with Crippen molar-refractivity contribution >= 4 is 28.1 Å². The summed E-state index contributed by atoms with van der Waals surface area (Å²) in [7, 11) is 0. The Bertz CT molecular complexity index is 1170. The van der Waals surface area contributed by atoms with Gasteiger partial charge in [-0.05, 0) is 51.5 Å². The van der Waals surface area contributed by atoms with Gasteiger partial charge in [0, 0.05) is 28.9 Å². The molecule has 7 heteroatoms. The number of hydrogen-bond donors (Lipinski definition) is 1. The number of aryl methyl sites for hydroxylation is 2. The van der Waals surface area contributed by atoms with Gasteiger partial charge in [-0.1, -0.05) is 23.5 Å². The molecule has 4 heterocycles. The Morgan fingerprint density at radius 2 is 2.00 bits per heavy atom. The van der Waals surface area contributed by atoms with Crippen LogP contribution in [0.4, 0.5) is 10.8 Å². The van der Waals surface area contributed by atoms with Crippen LogP contribution in [-0.2, 0) is 6.42 Å². The number of anilines is 2. The fourth-order valence-corrected chi connectivity index (χ4v) is 5.17. The van der Waals surface area contributed by atoms with E-state index in [1.165, 1.54) is 11.3 Å². The van der Waals surface area contributed by atoms with Crippen LogP contribution in [0.3, 0.4) is 0 Å². The quantitative estimate of drug-likeness (QED) is 0.665. The molecule has 154 valence electrons. The SMILES string of the molecule is Cc1ccc(-c2ccc3c(c2)N(c2nc4c(s2)C(=O)NC(C)(C)C4)CCO3)c(C)n1. The van der Waals surface area contributed by atoms with E-state index in [4.69, 9.17) is 9.72 Å². The maximum Gasteiger partial charge on any atom is 0.263 e. The molecule has 0 bridgehead atoms. The van der Waals surface area contributed by atoms with Crippen molar-refractivity contribution in [3.05, 3.63) is 52.3 Å². The zero-order valence-electron chi connectivity index (χ0n) is 17.6. The van der Waals surface area contributed by atoms with Gasteiger partial charge in [-0.25, -0.2) is 4.98 Å². The second kappa shape index (κ2) is 6.80. The Balaban J connectivity index is 1.57. The van der Waals surface area contributed by atoms with E-state index in [2.05, 4.69) is 33.4 Å². The predicted octanol–water partition coefficient (Wildman–Crippen LogP) is 4.42. The smallest absolute Gasteiger partial charge is 0.263 e. The molecule has 3 aromatic rings. The second-order valence-electron chi connectivity index (χ2n) is 8.56. The first-order chi connectivity index (χ1) is 14.3. The van der Waals surface area contributed by atoms with E-state index >= 15 is 0 Å². The second-order valence-corrected chi connectivity index (χ2v) is 9.53. The normalized spacial score (nSPS) is 17.1. The molecule has 1 aromatic carbocycles. The molecule has 30 heavy (non-hydrogen) atoms. The van der Waals surface area contributed by atoms with Crippen LogP contribution >= 0.6 is 11.3 Å². The van der Waals surface area contributed by atoms with E-state index in [9.17, 15) is 4.79 Å². The lowest BCUT2D eigenvalue weighted by atomic mass is 9.94. The molecule has 0 atom stereocenters. The Kier molecular flexibility index (Phi) is 4.32. The van der Waals surface area contributed by atoms with Crippen molar-refractivity contribution < 1.29 is 9.53 Å². The van der Waals surface area contributed by atoms with E-state index in [0.29, 0.717) is 18.0 Å². The number of amides is 1. The average Bonchev–Trinajstić information content (AvgIpc) is 3.10. The molecule has 0 unspecified atom stereocenters. The minimum Gasteiger partial charge on any atom is -0.490 e. The van der Waals surface area contributed by atoms with Gasteiger partial charge < -0.3 is 15.0 Å². The number of nitrogens with one attached hydrogen (secondary N) is 1. The first-order valence-corrected chi connectivity index (χ1v) is 10.9. The highest BCUT2D eigenvalue weighted by molar-refractivity contribution is 7.17. The van der Waals surface area contributed by atoms with Gasteiger partial charge in [-0.15, -0.1) is 0 Å². The monoisotopic (exact) mass is 420 g/mol. The summed E-state index contributed by atoms with van der Waals surface area (Å²) in [5.41, 5.74) is 5.79. The van der Waals surface area contributed by atoms with Crippen LogP contribution in [0.15, 0.2) is 30.3 Å². The van der Waals surface area contributed by atoms with Crippen molar-refractivity contribution in [1.82, 2.24) is 15.3 Å². The number of hydrogen-bond acceptors (Lipinski definition) is 6. The van der Waals surface area contributed by atoms with E-state index in [-0.39, 0.29) is 11.4 Å². The molecule has 0 saturated carbocycles. The Hall–Kier alpha value is -2.93. The van der Waals surface area contributed by atoms with Crippen molar-refractivity contribution in [3.8, 4) is 16.9 Å². The number of carbonyl (C=O) groups is 1. The van der Waals surface area contributed by atoms with Crippen LogP contribution in [0.2, 0.25) is 0 Å². The maximum absolute atomic E-state index is 12.6. The van der Waals surface area contributed by atoms with Gasteiger partial charge in [-0.3, -0.25) is 9.78 Å². The van der Waals surface area contributed by atoms with Crippen molar-refractivity contribution in [2.75, 3.05) is 18.1 Å². The molecule has 2 aliphatic heterocycles. The third-order valence-electron chi connectivity index (χ3n) is 5.54. The molecule has 0 saturated heterocycles. The summed E-state index contributed by atoms with van der Waals surface area (Å²) in [6, 6.07) is 10.4. The zero-order chi connectivity index (χ0) is 21.0. The minimum absolute atomic E-state index is 0.0337. The summed E-state index contributed by atoms with van der Waals surface area (Å²) in [4.78, 5) is 24.9. The molecule has 6 nitrogen and oxygen atoms in total. The molecule has 5 rings (SSSR count). The number of rotatable bonds is 2. The van der Waals surface area contributed by atoms with E-state index < -0.39 is 0 Å². The summed E-state index contributed by atoms with van der Waals surface area (Å²) in [6.07, 6.45) is 0.732. The Labute approximate surface area is 179 Å². The van der Waals surface area contributed by atoms with Gasteiger partial charge in [0.25, 0.3) is 5.91 Å². The number of thiazole rings is 1. The molecule has 0 fully saturated rings. The largest absolute Gasteiger partial charge is 0.490 e. The molecule has 0 radical (unpaired) electrons. The van der Waals surface area contributed by atoms with E-state index in [0.717, 1.165) is 51.2 Å². The molecule has 0 aliphatic carbocycles. The van der Waals surface area contributed by atoms with Gasteiger partial charge in [0.1, 0.15) is 17.2 Å². The molecule has 1 amide bonds. The van der Waals surface area contributed by atoms with Gasteiger partial charge in [0.2, 0.25) is 0 Å². The van der Waals surface area contributed by atoms with Crippen molar-refractivity contribution in [2.45, 2.75) is 39.7 Å². The van der Waals surface area contributed by atoms with Gasteiger partial charge >= 0.3 is 0 Å². The predicted molar refractivity (Wildman–Crippen MR) is 119 cm³/mol. The number of fused-ring (bicyclic) bond motifs is 2. The zero-order valence-corrected chi connectivity index (χ0v) is 18.4. The highest BCUT2D eigenvalue weighted by atomic mass is 32.1. The van der Waals surface area contributed by atoms with Gasteiger partial charge in [-0.2, -0.15) is 0 Å². The number of ether oxygens (including phenoxy) is 1. The van der Waals surface area contributed by atoms with E-state index in [1.54, 1.807) is 0 Å². The first-order valence-electron chi connectivity index (χ1n) is 10.1. The minimum atomic E-state index is -0.276. The Morgan fingerprint density at radius 1 is 1.17 bits per heavy atom. The first kappa shape index (κ1) is 19.1.